The molecule has 0 radical (unpaired) electrons. The standard InChI is InChI=1S/C15H14FIN2O2/c1-2-21-13-5-3-4-11(18)14(13)15(20)19-12-7-6-9(16)8-10(12)17/h3-8H,2,18H2,1H3,(H,19,20). The fourth-order valence-electron chi connectivity index (χ4n) is 1.84. The fourth-order valence-corrected chi connectivity index (χ4v) is 2.45. The number of rotatable bonds is 4. The van der Waals surface area contributed by atoms with Crippen LogP contribution in [0.5, 0.6) is 5.75 Å². The topological polar surface area (TPSA) is 64.3 Å². The summed E-state index contributed by atoms with van der Waals surface area (Å²) in [6.07, 6.45) is 0. The van der Waals surface area contributed by atoms with E-state index in [-0.39, 0.29) is 17.3 Å². The summed E-state index contributed by atoms with van der Waals surface area (Å²) in [6.45, 7) is 2.26. The molecule has 21 heavy (non-hydrogen) atoms. The molecule has 6 heteroatoms. The van der Waals surface area contributed by atoms with Gasteiger partial charge in [-0.15, -0.1) is 0 Å². The van der Waals surface area contributed by atoms with Crippen LogP contribution in [0.1, 0.15) is 17.3 Å². The normalized spacial score (nSPS) is 10.2. The second-order valence-corrected chi connectivity index (χ2v) is 5.39. The summed E-state index contributed by atoms with van der Waals surface area (Å²) in [6, 6.07) is 9.17. The van der Waals surface area contributed by atoms with Gasteiger partial charge in [0, 0.05) is 9.26 Å². The molecule has 2 aromatic rings. The van der Waals surface area contributed by atoms with Gasteiger partial charge in [0.1, 0.15) is 17.1 Å². The quantitative estimate of drug-likeness (QED) is 0.608. The SMILES string of the molecule is CCOc1cccc(N)c1C(=O)Nc1ccc(F)cc1I. The van der Waals surface area contributed by atoms with E-state index < -0.39 is 0 Å². The predicted molar refractivity (Wildman–Crippen MR) is 89.1 cm³/mol. The van der Waals surface area contributed by atoms with Crippen molar-refractivity contribution in [1.82, 2.24) is 0 Å². The molecule has 0 aliphatic rings. The predicted octanol–water partition coefficient (Wildman–Crippen LogP) is 3.66. The molecule has 1 amide bonds. The van der Waals surface area contributed by atoms with Crippen molar-refractivity contribution in [2.45, 2.75) is 6.92 Å². The van der Waals surface area contributed by atoms with Crippen molar-refractivity contribution in [3.8, 4) is 5.75 Å². The molecule has 0 aliphatic carbocycles. The van der Waals surface area contributed by atoms with E-state index >= 15 is 0 Å². The Bertz CT molecular complexity index is 677. The van der Waals surface area contributed by atoms with E-state index in [4.69, 9.17) is 10.5 Å². The minimum Gasteiger partial charge on any atom is -0.493 e. The lowest BCUT2D eigenvalue weighted by atomic mass is 10.1. The number of nitrogens with one attached hydrogen (secondary N) is 1. The first-order valence-electron chi connectivity index (χ1n) is 6.30. The number of hydrogen-bond donors (Lipinski definition) is 2. The van der Waals surface area contributed by atoms with Gasteiger partial charge < -0.3 is 15.8 Å². The summed E-state index contributed by atoms with van der Waals surface area (Å²) < 4.78 is 19.1. The van der Waals surface area contributed by atoms with Crippen LogP contribution >= 0.6 is 22.6 Å². The molecule has 2 rings (SSSR count). The molecule has 3 N–H and O–H groups in total. The van der Waals surface area contributed by atoms with Crippen LogP contribution in [-0.4, -0.2) is 12.5 Å². The molecule has 0 heterocycles. The third-order valence-electron chi connectivity index (χ3n) is 2.76. The first-order valence-corrected chi connectivity index (χ1v) is 7.38. The lowest BCUT2D eigenvalue weighted by molar-refractivity contribution is 0.102. The zero-order valence-electron chi connectivity index (χ0n) is 11.3. The highest BCUT2D eigenvalue weighted by atomic mass is 127. The lowest BCUT2D eigenvalue weighted by Crippen LogP contribution is -2.16. The van der Waals surface area contributed by atoms with Gasteiger partial charge in [-0.2, -0.15) is 0 Å². The Morgan fingerprint density at radius 2 is 2.14 bits per heavy atom. The molecule has 2 aromatic carbocycles. The Morgan fingerprint density at radius 1 is 1.38 bits per heavy atom. The molecule has 0 saturated heterocycles. The van der Waals surface area contributed by atoms with E-state index in [0.29, 0.717) is 27.3 Å². The molecule has 0 bridgehead atoms. The number of amides is 1. The number of halogens is 2. The van der Waals surface area contributed by atoms with Gasteiger partial charge in [0.15, 0.2) is 0 Å². The molecule has 0 fully saturated rings. The number of hydrogen-bond acceptors (Lipinski definition) is 3. The molecule has 110 valence electrons. The Balaban J connectivity index is 2.32. The van der Waals surface area contributed by atoms with Crippen LogP contribution in [-0.2, 0) is 0 Å². The van der Waals surface area contributed by atoms with Crippen LogP contribution < -0.4 is 15.8 Å². The average Bonchev–Trinajstić information content (AvgIpc) is 2.42. The zero-order valence-corrected chi connectivity index (χ0v) is 13.5. The number of benzene rings is 2. The summed E-state index contributed by atoms with van der Waals surface area (Å²) in [5, 5.41) is 2.72. The van der Waals surface area contributed by atoms with Crippen molar-refractivity contribution < 1.29 is 13.9 Å². The van der Waals surface area contributed by atoms with Crippen molar-refractivity contribution in [3.63, 3.8) is 0 Å². The summed E-state index contributed by atoms with van der Waals surface area (Å²) >= 11 is 1.96. The molecule has 0 unspecified atom stereocenters. The van der Waals surface area contributed by atoms with E-state index in [9.17, 15) is 9.18 Å². The number of carbonyl (C=O) groups excluding carboxylic acids is 1. The number of nitrogen functional groups attached to an aromatic ring is 1. The minimum atomic E-state index is -0.388. The summed E-state index contributed by atoms with van der Waals surface area (Å²) in [5.41, 5.74) is 6.99. The number of carbonyl (C=O) groups is 1. The maximum Gasteiger partial charge on any atom is 0.261 e. The second kappa shape index (κ2) is 6.75. The minimum absolute atomic E-state index is 0.277. The van der Waals surface area contributed by atoms with Gasteiger partial charge in [-0.05, 0) is 59.8 Å². The third-order valence-corrected chi connectivity index (χ3v) is 3.66. The first-order chi connectivity index (χ1) is 10.0. The van der Waals surface area contributed by atoms with E-state index in [1.807, 2.05) is 29.5 Å². The summed E-state index contributed by atoms with van der Waals surface area (Å²) in [5.74, 6) is -0.320. The molecule has 0 saturated carbocycles. The van der Waals surface area contributed by atoms with Gasteiger partial charge in [-0.1, -0.05) is 6.07 Å². The largest absolute Gasteiger partial charge is 0.493 e. The monoisotopic (exact) mass is 400 g/mol. The van der Waals surface area contributed by atoms with E-state index in [1.54, 1.807) is 18.2 Å². The van der Waals surface area contributed by atoms with Gasteiger partial charge in [0.2, 0.25) is 0 Å². The molecule has 4 nitrogen and oxygen atoms in total. The summed E-state index contributed by atoms with van der Waals surface area (Å²) in [7, 11) is 0. The van der Waals surface area contributed by atoms with Crippen molar-refractivity contribution >= 4 is 39.9 Å². The van der Waals surface area contributed by atoms with Crippen LogP contribution in [0.2, 0.25) is 0 Å². The van der Waals surface area contributed by atoms with Crippen LogP contribution in [0, 0.1) is 9.39 Å². The van der Waals surface area contributed by atoms with E-state index in [2.05, 4.69) is 5.32 Å². The number of nitrogens with two attached hydrogens (primary N) is 1. The highest BCUT2D eigenvalue weighted by Crippen LogP contribution is 2.27. The highest BCUT2D eigenvalue weighted by Gasteiger charge is 2.17. The Labute approximate surface area is 135 Å². The van der Waals surface area contributed by atoms with Crippen LogP contribution in [0.15, 0.2) is 36.4 Å². The van der Waals surface area contributed by atoms with E-state index in [0.717, 1.165) is 0 Å². The van der Waals surface area contributed by atoms with Gasteiger partial charge in [-0.25, -0.2) is 4.39 Å². The number of ether oxygens (including phenoxy) is 1. The van der Waals surface area contributed by atoms with Crippen molar-refractivity contribution in [3.05, 3.63) is 51.3 Å². The van der Waals surface area contributed by atoms with Crippen molar-refractivity contribution in [2.24, 2.45) is 0 Å². The van der Waals surface area contributed by atoms with Gasteiger partial charge in [0.05, 0.1) is 12.3 Å². The maximum atomic E-state index is 13.1. The molecule has 0 atom stereocenters. The molecular formula is C15H14FIN2O2. The lowest BCUT2D eigenvalue weighted by Gasteiger charge is -2.13. The van der Waals surface area contributed by atoms with E-state index in [1.165, 1.54) is 18.2 Å². The van der Waals surface area contributed by atoms with Crippen LogP contribution in [0.4, 0.5) is 15.8 Å². The highest BCUT2D eigenvalue weighted by molar-refractivity contribution is 14.1. The third kappa shape index (κ3) is 3.63. The second-order valence-electron chi connectivity index (χ2n) is 4.23. The Hall–Kier alpha value is -1.83. The fraction of sp³-hybridized carbons (Fsp3) is 0.133. The number of anilines is 2. The Morgan fingerprint density at radius 3 is 2.81 bits per heavy atom. The smallest absolute Gasteiger partial charge is 0.261 e. The Kier molecular flexibility index (Phi) is 5.00. The van der Waals surface area contributed by atoms with Crippen molar-refractivity contribution in [2.75, 3.05) is 17.7 Å². The van der Waals surface area contributed by atoms with Crippen LogP contribution in [0.3, 0.4) is 0 Å². The maximum absolute atomic E-state index is 13.1. The average molecular weight is 400 g/mol. The van der Waals surface area contributed by atoms with Gasteiger partial charge in [0.25, 0.3) is 5.91 Å². The van der Waals surface area contributed by atoms with Gasteiger partial charge >= 0.3 is 0 Å². The van der Waals surface area contributed by atoms with Crippen LogP contribution in [0.25, 0.3) is 0 Å². The zero-order chi connectivity index (χ0) is 15.4. The van der Waals surface area contributed by atoms with Crippen molar-refractivity contribution in [1.29, 1.82) is 0 Å². The summed E-state index contributed by atoms with van der Waals surface area (Å²) in [4.78, 5) is 12.4. The molecule has 0 aromatic heterocycles. The molecular weight excluding hydrogens is 386 g/mol. The molecule has 0 spiro atoms. The molecule has 0 aliphatic heterocycles. The first kappa shape index (κ1) is 15.6. The van der Waals surface area contributed by atoms with Gasteiger partial charge in [-0.3, -0.25) is 4.79 Å².